The summed E-state index contributed by atoms with van der Waals surface area (Å²) in [7, 11) is 0. The fourth-order valence-corrected chi connectivity index (χ4v) is 1.95. The van der Waals surface area contributed by atoms with Gasteiger partial charge in [-0.1, -0.05) is 0 Å². The molecule has 0 saturated heterocycles. The number of hydrogen-bond donors (Lipinski definition) is 0. The molecule has 90 valence electrons. The zero-order valence-electron chi connectivity index (χ0n) is 8.21. The molecule has 3 nitrogen and oxygen atoms in total. The van der Waals surface area contributed by atoms with Gasteiger partial charge in [-0.15, -0.1) is 0 Å². The number of hydrogen-bond acceptors (Lipinski definition) is 2. The third kappa shape index (κ3) is 1.95. The van der Waals surface area contributed by atoms with Crippen LogP contribution >= 0.6 is 15.9 Å². The number of benzene rings is 1. The molecule has 1 heterocycles. The number of nitrogens with zero attached hydrogens (tertiary/aromatic N) is 1. The maximum atomic E-state index is 13.3. The van der Waals surface area contributed by atoms with E-state index in [2.05, 4.69) is 15.9 Å². The number of anilines is 1. The molecule has 1 aromatic rings. The highest BCUT2D eigenvalue weighted by Crippen LogP contribution is 2.33. The van der Waals surface area contributed by atoms with E-state index < -0.39 is 30.5 Å². The quantitative estimate of drug-likeness (QED) is 0.787. The number of carbonyl (C=O) groups is 2. The molecule has 1 aromatic carbocycles. The molecule has 2 rings (SSSR count). The first kappa shape index (κ1) is 12.1. The normalized spacial score (nSPS) is 14.8. The van der Waals surface area contributed by atoms with Crippen LogP contribution in [0.1, 0.15) is 10.4 Å². The van der Waals surface area contributed by atoms with Crippen LogP contribution in [-0.4, -0.2) is 24.7 Å². The second-order valence-electron chi connectivity index (χ2n) is 3.42. The van der Waals surface area contributed by atoms with Gasteiger partial charge in [0.1, 0.15) is 5.82 Å². The number of fused-ring (bicyclic) bond motifs is 1. The Morgan fingerprint density at radius 1 is 1.29 bits per heavy atom. The number of alkyl halides is 2. The zero-order valence-corrected chi connectivity index (χ0v) is 9.80. The molecular formula is C10H5BrF3NO2. The van der Waals surface area contributed by atoms with Gasteiger partial charge in [0.25, 0.3) is 18.1 Å². The fraction of sp³-hybridized carbons (Fsp3) is 0.200. The summed E-state index contributed by atoms with van der Waals surface area (Å²) in [5, 5.41) is 0. The Hall–Kier alpha value is -1.37. The molecule has 0 unspecified atom stereocenters. The van der Waals surface area contributed by atoms with Crippen molar-refractivity contribution in [2.45, 2.75) is 6.43 Å². The molecule has 0 N–H and O–H groups in total. The predicted octanol–water partition coefficient (Wildman–Crippen LogP) is 2.38. The average molecular weight is 308 g/mol. The van der Waals surface area contributed by atoms with Crippen molar-refractivity contribution in [1.29, 1.82) is 0 Å². The maximum Gasteiger partial charge on any atom is 0.299 e. The van der Waals surface area contributed by atoms with Gasteiger partial charge >= 0.3 is 0 Å². The van der Waals surface area contributed by atoms with E-state index >= 15 is 0 Å². The lowest BCUT2D eigenvalue weighted by Gasteiger charge is -2.15. The molecule has 1 aliphatic heterocycles. The van der Waals surface area contributed by atoms with E-state index in [1.54, 1.807) is 0 Å². The monoisotopic (exact) mass is 307 g/mol. The molecule has 17 heavy (non-hydrogen) atoms. The van der Waals surface area contributed by atoms with Gasteiger partial charge in [0.05, 0.1) is 22.3 Å². The topological polar surface area (TPSA) is 37.4 Å². The molecule has 0 radical (unpaired) electrons. The molecular weight excluding hydrogens is 303 g/mol. The Balaban J connectivity index is 2.52. The summed E-state index contributed by atoms with van der Waals surface area (Å²) in [5.74, 6) is -2.68. The van der Waals surface area contributed by atoms with Crippen LogP contribution in [0.4, 0.5) is 18.9 Å². The van der Waals surface area contributed by atoms with Gasteiger partial charge in [-0.3, -0.25) is 14.5 Å². The van der Waals surface area contributed by atoms with Crippen molar-refractivity contribution < 1.29 is 22.8 Å². The average Bonchev–Trinajstić information content (AvgIpc) is 2.45. The smallest absolute Gasteiger partial charge is 0.299 e. The molecule has 0 atom stereocenters. The molecule has 0 saturated carbocycles. The van der Waals surface area contributed by atoms with E-state index in [4.69, 9.17) is 0 Å². The van der Waals surface area contributed by atoms with Crippen LogP contribution in [0.2, 0.25) is 0 Å². The number of ketones is 1. The van der Waals surface area contributed by atoms with Gasteiger partial charge in [0.15, 0.2) is 0 Å². The number of carbonyl (C=O) groups excluding carboxylic acids is 2. The lowest BCUT2D eigenvalue weighted by atomic mass is 10.1. The predicted molar refractivity (Wildman–Crippen MR) is 56.8 cm³/mol. The number of Topliss-reactive ketones (excluding diaryl/α,β-unsaturated/α-hetero) is 1. The second-order valence-corrected chi connectivity index (χ2v) is 4.27. The molecule has 0 aliphatic carbocycles. The van der Waals surface area contributed by atoms with Gasteiger partial charge < -0.3 is 0 Å². The highest BCUT2D eigenvalue weighted by atomic mass is 79.9. The second kappa shape index (κ2) is 4.14. The Kier molecular flexibility index (Phi) is 2.94. The summed E-state index contributed by atoms with van der Waals surface area (Å²) >= 11 is 2.86. The van der Waals surface area contributed by atoms with Gasteiger partial charge in [-0.05, 0) is 28.1 Å². The van der Waals surface area contributed by atoms with Gasteiger partial charge in [-0.25, -0.2) is 13.2 Å². The van der Waals surface area contributed by atoms with Crippen LogP contribution in [0, 0.1) is 5.82 Å². The van der Waals surface area contributed by atoms with Crippen molar-refractivity contribution >= 4 is 33.3 Å². The van der Waals surface area contributed by atoms with Crippen molar-refractivity contribution in [2.75, 3.05) is 11.4 Å². The minimum absolute atomic E-state index is 0.0105. The largest absolute Gasteiger partial charge is 0.299 e. The molecule has 0 aromatic heterocycles. The standard InChI is InChI=1S/C10H5BrF3NO2/c11-5-1-4-7(2-6(5)12)15(3-8(13)14)10(17)9(4)16/h1-2,8H,3H2. The number of rotatable bonds is 2. The zero-order chi connectivity index (χ0) is 12.7. The minimum atomic E-state index is -2.79. The Bertz CT molecular complexity index is 519. The molecule has 0 fully saturated rings. The van der Waals surface area contributed by atoms with E-state index in [9.17, 15) is 22.8 Å². The van der Waals surface area contributed by atoms with E-state index in [0.717, 1.165) is 12.1 Å². The van der Waals surface area contributed by atoms with Crippen molar-refractivity contribution in [3.05, 3.63) is 28.0 Å². The van der Waals surface area contributed by atoms with E-state index in [0.29, 0.717) is 4.90 Å². The highest BCUT2D eigenvalue weighted by molar-refractivity contribution is 9.10. The first-order chi connectivity index (χ1) is 7.91. The van der Waals surface area contributed by atoms with Gasteiger partial charge in [0.2, 0.25) is 0 Å². The molecule has 0 spiro atoms. The van der Waals surface area contributed by atoms with Crippen molar-refractivity contribution in [1.82, 2.24) is 0 Å². The van der Waals surface area contributed by atoms with Crippen LogP contribution < -0.4 is 4.90 Å². The van der Waals surface area contributed by atoms with E-state index in [-0.39, 0.29) is 15.7 Å². The number of amides is 1. The SMILES string of the molecule is O=C1C(=O)N(CC(F)F)c2cc(F)c(Br)cc21. The third-order valence-corrected chi connectivity index (χ3v) is 2.94. The van der Waals surface area contributed by atoms with Gasteiger partial charge in [-0.2, -0.15) is 0 Å². The first-order valence-corrected chi connectivity index (χ1v) is 5.34. The molecule has 1 amide bonds. The lowest BCUT2D eigenvalue weighted by molar-refractivity contribution is -0.114. The van der Waals surface area contributed by atoms with Gasteiger partial charge in [0, 0.05) is 0 Å². The number of halogens is 4. The summed E-state index contributed by atoms with van der Waals surface area (Å²) in [6.07, 6.45) is -2.79. The summed E-state index contributed by atoms with van der Waals surface area (Å²) in [5.41, 5.74) is -0.176. The van der Waals surface area contributed by atoms with Crippen LogP contribution in [-0.2, 0) is 4.79 Å². The highest BCUT2D eigenvalue weighted by Gasteiger charge is 2.37. The maximum absolute atomic E-state index is 13.3. The minimum Gasteiger partial charge on any atom is -0.299 e. The van der Waals surface area contributed by atoms with Crippen LogP contribution in [0.3, 0.4) is 0 Å². The van der Waals surface area contributed by atoms with E-state index in [1.807, 2.05) is 0 Å². The summed E-state index contributed by atoms with van der Waals surface area (Å²) in [4.78, 5) is 23.5. The van der Waals surface area contributed by atoms with E-state index in [1.165, 1.54) is 0 Å². The first-order valence-electron chi connectivity index (χ1n) is 4.55. The van der Waals surface area contributed by atoms with Crippen molar-refractivity contribution in [3.8, 4) is 0 Å². The molecule has 1 aliphatic rings. The Labute approximate surface area is 102 Å². The lowest BCUT2D eigenvalue weighted by Crippen LogP contribution is -2.33. The Morgan fingerprint density at radius 3 is 2.53 bits per heavy atom. The van der Waals surface area contributed by atoms with Crippen LogP contribution in [0.5, 0.6) is 0 Å². The summed E-state index contributed by atoms with van der Waals surface area (Å²) in [6, 6.07) is 2.01. The third-order valence-electron chi connectivity index (χ3n) is 2.33. The van der Waals surface area contributed by atoms with Crippen molar-refractivity contribution in [3.63, 3.8) is 0 Å². The summed E-state index contributed by atoms with van der Waals surface area (Å²) < 4.78 is 37.8. The fourth-order valence-electron chi connectivity index (χ4n) is 1.61. The van der Waals surface area contributed by atoms with Crippen LogP contribution in [0.25, 0.3) is 0 Å². The molecule has 0 bridgehead atoms. The summed E-state index contributed by atoms with van der Waals surface area (Å²) in [6.45, 7) is -0.918. The van der Waals surface area contributed by atoms with Crippen molar-refractivity contribution in [2.24, 2.45) is 0 Å². The van der Waals surface area contributed by atoms with Crippen LogP contribution in [0.15, 0.2) is 16.6 Å². The Morgan fingerprint density at radius 2 is 1.94 bits per heavy atom. The molecule has 7 heteroatoms.